The molecular weight excluding hydrogens is 459 g/mol. The molecule has 0 N–H and O–H groups in total. The number of aromatic nitrogens is 3. The fraction of sp³-hybridized carbons (Fsp3) is 0.308. The molecule has 0 aliphatic heterocycles. The maximum Gasteiger partial charge on any atom is 0.416 e. The Balaban J connectivity index is 1.66. The van der Waals surface area contributed by atoms with E-state index in [2.05, 4.69) is 16.5 Å². The zero-order valence-corrected chi connectivity index (χ0v) is 20.1. The second-order valence-electron chi connectivity index (χ2n) is 8.32. The van der Waals surface area contributed by atoms with Crippen LogP contribution >= 0.6 is 11.8 Å². The van der Waals surface area contributed by atoms with Gasteiger partial charge in [0.15, 0.2) is 10.9 Å². The summed E-state index contributed by atoms with van der Waals surface area (Å²) in [6.45, 7) is 7.34. The van der Waals surface area contributed by atoms with Gasteiger partial charge in [0.25, 0.3) is 0 Å². The number of halogens is 3. The van der Waals surface area contributed by atoms with Crippen LogP contribution in [0.3, 0.4) is 0 Å². The van der Waals surface area contributed by atoms with Gasteiger partial charge in [0.1, 0.15) is 0 Å². The highest BCUT2D eigenvalue weighted by Gasteiger charge is 2.31. The summed E-state index contributed by atoms with van der Waals surface area (Å²) in [5.41, 5.74) is 3.80. The van der Waals surface area contributed by atoms with E-state index in [9.17, 15) is 18.0 Å². The number of alkyl halides is 3. The average Bonchev–Trinajstić information content (AvgIpc) is 3.29. The number of aryl methyl sites for hydroxylation is 1. The molecule has 2 aromatic heterocycles. The summed E-state index contributed by atoms with van der Waals surface area (Å²) in [6, 6.07) is 15.2. The standard InChI is InChI=1S/C26H26F3N3OS/c1-4-12-31-17(2)13-21(18(31)3)24(33)16-34-25-30-22-14-20(26(27,28)29)10-11-23(22)32(25)15-19-8-6-5-7-9-19/h5-11,13-14H,4,12,15-16H2,1-3H3. The SMILES string of the molecule is CCCn1c(C)cc(C(=O)CSc2nc3cc(C(F)(F)F)ccc3n2Cc2ccccc2)c1C. The van der Waals surface area contributed by atoms with E-state index in [4.69, 9.17) is 0 Å². The first-order valence-corrected chi connectivity index (χ1v) is 12.1. The van der Waals surface area contributed by atoms with Gasteiger partial charge in [-0.1, -0.05) is 49.0 Å². The molecule has 0 saturated carbocycles. The van der Waals surface area contributed by atoms with Crippen molar-refractivity contribution in [1.82, 2.24) is 14.1 Å². The predicted molar refractivity (Wildman–Crippen MR) is 130 cm³/mol. The number of hydrogen-bond acceptors (Lipinski definition) is 3. The molecule has 4 aromatic rings. The van der Waals surface area contributed by atoms with Crippen molar-refractivity contribution in [2.45, 2.75) is 51.6 Å². The van der Waals surface area contributed by atoms with Crippen LogP contribution < -0.4 is 0 Å². The number of Topliss-reactive ketones (excluding diaryl/α,β-unsaturated/α-hetero) is 1. The maximum atomic E-state index is 13.3. The summed E-state index contributed by atoms with van der Waals surface area (Å²) in [4.78, 5) is 17.6. The van der Waals surface area contributed by atoms with E-state index in [1.165, 1.54) is 17.8 Å². The van der Waals surface area contributed by atoms with Crippen LogP contribution in [0.15, 0.2) is 59.8 Å². The molecule has 8 heteroatoms. The molecule has 0 atom stereocenters. The van der Waals surface area contributed by atoms with Crippen molar-refractivity contribution < 1.29 is 18.0 Å². The number of carbonyl (C=O) groups is 1. The Morgan fingerprint density at radius 3 is 2.44 bits per heavy atom. The summed E-state index contributed by atoms with van der Waals surface area (Å²) >= 11 is 1.26. The summed E-state index contributed by atoms with van der Waals surface area (Å²) in [5, 5.41) is 0.522. The van der Waals surface area contributed by atoms with E-state index >= 15 is 0 Å². The van der Waals surface area contributed by atoms with Crippen molar-refractivity contribution in [3.05, 3.63) is 82.7 Å². The lowest BCUT2D eigenvalue weighted by Crippen LogP contribution is -2.08. The predicted octanol–water partition coefficient (Wildman–Crippen LogP) is 6.91. The largest absolute Gasteiger partial charge is 0.416 e. The molecule has 34 heavy (non-hydrogen) atoms. The highest BCUT2D eigenvalue weighted by atomic mass is 32.2. The number of nitrogens with zero attached hydrogens (tertiary/aromatic N) is 3. The van der Waals surface area contributed by atoms with Gasteiger partial charge in [0.05, 0.1) is 28.9 Å². The molecule has 0 fully saturated rings. The van der Waals surface area contributed by atoms with Crippen LogP contribution in [-0.4, -0.2) is 25.7 Å². The molecule has 0 saturated heterocycles. The molecule has 2 aromatic carbocycles. The van der Waals surface area contributed by atoms with Crippen molar-refractivity contribution >= 4 is 28.6 Å². The van der Waals surface area contributed by atoms with Crippen molar-refractivity contribution in [1.29, 1.82) is 0 Å². The minimum Gasteiger partial charge on any atom is -0.348 e. The van der Waals surface area contributed by atoms with Gasteiger partial charge in [-0.3, -0.25) is 4.79 Å². The second-order valence-corrected chi connectivity index (χ2v) is 9.26. The first-order valence-electron chi connectivity index (χ1n) is 11.1. The third-order valence-electron chi connectivity index (χ3n) is 5.88. The number of benzene rings is 2. The highest BCUT2D eigenvalue weighted by Crippen LogP contribution is 2.33. The van der Waals surface area contributed by atoms with Crippen LogP contribution in [0.2, 0.25) is 0 Å². The van der Waals surface area contributed by atoms with Gasteiger partial charge in [-0.15, -0.1) is 0 Å². The lowest BCUT2D eigenvalue weighted by Gasteiger charge is -2.10. The maximum absolute atomic E-state index is 13.3. The van der Waals surface area contributed by atoms with Crippen LogP contribution in [0.1, 0.15) is 46.2 Å². The first kappa shape index (κ1) is 24.1. The zero-order chi connectivity index (χ0) is 24.5. The molecule has 0 amide bonds. The summed E-state index contributed by atoms with van der Waals surface area (Å²) < 4.78 is 43.8. The van der Waals surface area contributed by atoms with E-state index in [1.54, 1.807) is 0 Å². The van der Waals surface area contributed by atoms with Gasteiger partial charge in [-0.05, 0) is 50.1 Å². The zero-order valence-electron chi connectivity index (χ0n) is 19.3. The Kier molecular flexibility index (Phi) is 6.89. The van der Waals surface area contributed by atoms with E-state index in [1.807, 2.05) is 54.8 Å². The second kappa shape index (κ2) is 9.70. The number of carbonyl (C=O) groups excluding carboxylic acids is 1. The van der Waals surface area contributed by atoms with E-state index in [0.29, 0.717) is 22.8 Å². The van der Waals surface area contributed by atoms with E-state index in [0.717, 1.165) is 42.0 Å². The molecule has 2 heterocycles. The van der Waals surface area contributed by atoms with Crippen LogP contribution in [0.5, 0.6) is 0 Å². The Morgan fingerprint density at radius 2 is 1.76 bits per heavy atom. The van der Waals surface area contributed by atoms with Crippen molar-refractivity contribution in [3.8, 4) is 0 Å². The van der Waals surface area contributed by atoms with Crippen LogP contribution in [-0.2, 0) is 19.3 Å². The number of fused-ring (bicyclic) bond motifs is 1. The topological polar surface area (TPSA) is 39.8 Å². The van der Waals surface area contributed by atoms with Gasteiger partial charge in [0, 0.05) is 23.5 Å². The molecule has 0 unspecified atom stereocenters. The third kappa shape index (κ3) is 4.92. The van der Waals surface area contributed by atoms with Crippen molar-refractivity contribution in [3.63, 3.8) is 0 Å². The molecule has 0 radical (unpaired) electrons. The summed E-state index contributed by atoms with van der Waals surface area (Å²) in [7, 11) is 0. The smallest absolute Gasteiger partial charge is 0.348 e. The number of thioether (sulfide) groups is 1. The van der Waals surface area contributed by atoms with Gasteiger partial charge in [0.2, 0.25) is 0 Å². The Labute approximate surface area is 200 Å². The molecule has 0 bridgehead atoms. The third-order valence-corrected chi connectivity index (χ3v) is 6.85. The fourth-order valence-corrected chi connectivity index (χ4v) is 5.07. The molecule has 4 nitrogen and oxygen atoms in total. The Hall–Kier alpha value is -3.00. The summed E-state index contributed by atoms with van der Waals surface area (Å²) in [5.74, 6) is 0.135. The molecule has 4 rings (SSSR count). The van der Waals surface area contributed by atoms with E-state index < -0.39 is 11.7 Å². The molecule has 0 spiro atoms. The monoisotopic (exact) mass is 485 g/mol. The Bertz CT molecular complexity index is 1320. The number of hydrogen-bond donors (Lipinski definition) is 0. The first-order chi connectivity index (χ1) is 16.2. The van der Waals surface area contributed by atoms with Crippen molar-refractivity contribution in [2.75, 3.05) is 5.75 Å². The van der Waals surface area contributed by atoms with Gasteiger partial charge in [-0.2, -0.15) is 13.2 Å². The van der Waals surface area contributed by atoms with Gasteiger partial charge >= 0.3 is 6.18 Å². The van der Waals surface area contributed by atoms with Crippen LogP contribution in [0, 0.1) is 13.8 Å². The average molecular weight is 486 g/mol. The number of ketones is 1. The summed E-state index contributed by atoms with van der Waals surface area (Å²) in [6.07, 6.45) is -3.47. The van der Waals surface area contributed by atoms with Crippen molar-refractivity contribution in [2.24, 2.45) is 0 Å². The van der Waals surface area contributed by atoms with Crippen LogP contribution in [0.4, 0.5) is 13.2 Å². The highest BCUT2D eigenvalue weighted by molar-refractivity contribution is 7.99. The lowest BCUT2D eigenvalue weighted by molar-refractivity contribution is -0.137. The number of rotatable bonds is 8. The normalized spacial score (nSPS) is 11.9. The number of imidazole rings is 1. The fourth-order valence-electron chi connectivity index (χ4n) is 4.17. The Morgan fingerprint density at radius 1 is 1.03 bits per heavy atom. The molecule has 0 aliphatic carbocycles. The molecule has 178 valence electrons. The molecule has 0 aliphatic rings. The minimum atomic E-state index is -4.44. The van der Waals surface area contributed by atoms with Crippen LogP contribution in [0.25, 0.3) is 11.0 Å². The molecular formula is C26H26F3N3OS. The van der Waals surface area contributed by atoms with E-state index in [-0.39, 0.29) is 17.1 Å². The van der Waals surface area contributed by atoms with Gasteiger partial charge in [-0.25, -0.2) is 4.98 Å². The lowest BCUT2D eigenvalue weighted by atomic mass is 10.2. The quantitative estimate of drug-likeness (QED) is 0.201. The van der Waals surface area contributed by atoms with Gasteiger partial charge < -0.3 is 9.13 Å². The minimum absolute atomic E-state index is 0.0187.